The van der Waals surface area contributed by atoms with Crippen LogP contribution in [0.2, 0.25) is 0 Å². The molecule has 90 valence electrons. The van der Waals surface area contributed by atoms with Gasteiger partial charge in [0.25, 0.3) is 0 Å². The van der Waals surface area contributed by atoms with Crippen molar-refractivity contribution in [3.8, 4) is 0 Å². The lowest BCUT2D eigenvalue weighted by Crippen LogP contribution is -2.26. The Bertz CT molecular complexity index is 303. The van der Waals surface area contributed by atoms with Gasteiger partial charge in [0.1, 0.15) is 0 Å². The minimum Gasteiger partial charge on any atom is -0.314 e. The molecule has 0 atom stereocenters. The third-order valence-electron chi connectivity index (χ3n) is 3.27. The van der Waals surface area contributed by atoms with E-state index in [9.17, 15) is 0 Å². The van der Waals surface area contributed by atoms with Gasteiger partial charge >= 0.3 is 0 Å². The Morgan fingerprint density at radius 2 is 2.19 bits per heavy atom. The van der Waals surface area contributed by atoms with Crippen LogP contribution in [-0.4, -0.2) is 17.6 Å². The Balaban J connectivity index is 1.51. The molecule has 0 amide bonds. The topological polar surface area (TPSA) is 24.9 Å². The fourth-order valence-corrected chi connectivity index (χ4v) is 3.17. The Labute approximate surface area is 102 Å². The van der Waals surface area contributed by atoms with Crippen LogP contribution in [0.3, 0.4) is 0 Å². The molecule has 1 heterocycles. The summed E-state index contributed by atoms with van der Waals surface area (Å²) in [6, 6.07) is 0.821. The first kappa shape index (κ1) is 12.1. The zero-order valence-corrected chi connectivity index (χ0v) is 11.0. The van der Waals surface area contributed by atoms with Crippen molar-refractivity contribution < 1.29 is 0 Å². The van der Waals surface area contributed by atoms with Gasteiger partial charge in [-0.3, -0.25) is 0 Å². The quantitative estimate of drug-likeness (QED) is 0.769. The highest BCUT2D eigenvalue weighted by molar-refractivity contribution is 7.09. The van der Waals surface area contributed by atoms with E-state index in [1.165, 1.54) is 55.8 Å². The number of rotatable bonds is 6. The molecule has 2 nitrogen and oxygen atoms in total. The summed E-state index contributed by atoms with van der Waals surface area (Å²) in [5, 5.41) is 7.11. The van der Waals surface area contributed by atoms with Crippen molar-refractivity contribution in [2.75, 3.05) is 6.54 Å². The second kappa shape index (κ2) is 6.36. The fraction of sp³-hybridized carbons (Fsp3) is 0.769. The Kier molecular flexibility index (Phi) is 4.79. The number of nitrogens with zero attached hydrogens (tertiary/aromatic N) is 1. The van der Waals surface area contributed by atoms with Gasteiger partial charge in [-0.25, -0.2) is 4.98 Å². The first-order valence-corrected chi connectivity index (χ1v) is 7.37. The molecule has 1 aliphatic carbocycles. The van der Waals surface area contributed by atoms with Crippen molar-refractivity contribution in [1.29, 1.82) is 0 Å². The van der Waals surface area contributed by atoms with Gasteiger partial charge < -0.3 is 5.32 Å². The highest BCUT2D eigenvalue weighted by atomic mass is 32.1. The number of nitrogens with one attached hydrogen (secondary N) is 1. The number of aryl methyl sites for hydroxylation is 2. The molecule has 1 saturated carbocycles. The van der Waals surface area contributed by atoms with Crippen LogP contribution in [0.15, 0.2) is 5.38 Å². The van der Waals surface area contributed by atoms with Crippen molar-refractivity contribution in [2.45, 2.75) is 57.9 Å². The van der Waals surface area contributed by atoms with E-state index in [-0.39, 0.29) is 0 Å². The maximum Gasteiger partial charge on any atom is 0.0928 e. The van der Waals surface area contributed by atoms with Gasteiger partial charge in [-0.2, -0.15) is 0 Å². The molecule has 1 fully saturated rings. The van der Waals surface area contributed by atoms with E-state index in [0.29, 0.717) is 0 Å². The SMILES string of the molecule is Cc1csc(CCCCNC2CCCC2)n1. The first-order chi connectivity index (χ1) is 7.84. The van der Waals surface area contributed by atoms with Gasteiger partial charge in [-0.1, -0.05) is 12.8 Å². The standard InChI is InChI=1S/C13H22N2S/c1-11-10-16-13(15-11)8-4-5-9-14-12-6-2-3-7-12/h10,12,14H,2-9H2,1H3. The molecule has 1 N–H and O–H groups in total. The van der Waals surface area contributed by atoms with Crippen molar-refractivity contribution in [1.82, 2.24) is 10.3 Å². The van der Waals surface area contributed by atoms with E-state index >= 15 is 0 Å². The molecule has 0 spiro atoms. The van der Waals surface area contributed by atoms with Crippen LogP contribution in [0.5, 0.6) is 0 Å². The summed E-state index contributed by atoms with van der Waals surface area (Å²) in [6.07, 6.45) is 9.36. The molecule has 0 bridgehead atoms. The lowest BCUT2D eigenvalue weighted by Gasteiger charge is -2.10. The summed E-state index contributed by atoms with van der Waals surface area (Å²) < 4.78 is 0. The fourth-order valence-electron chi connectivity index (χ4n) is 2.35. The summed E-state index contributed by atoms with van der Waals surface area (Å²) in [7, 11) is 0. The molecule has 0 radical (unpaired) electrons. The maximum absolute atomic E-state index is 4.48. The van der Waals surface area contributed by atoms with Gasteiger partial charge in [-0.05, 0) is 45.6 Å². The molecule has 3 heteroatoms. The van der Waals surface area contributed by atoms with Gasteiger partial charge in [0.05, 0.1) is 5.01 Å². The van der Waals surface area contributed by atoms with Crippen LogP contribution < -0.4 is 5.32 Å². The molecule has 0 unspecified atom stereocenters. The zero-order valence-electron chi connectivity index (χ0n) is 10.2. The predicted octanol–water partition coefficient (Wildman–Crippen LogP) is 3.31. The lowest BCUT2D eigenvalue weighted by molar-refractivity contribution is 0.507. The van der Waals surface area contributed by atoms with E-state index in [2.05, 4.69) is 22.6 Å². The van der Waals surface area contributed by atoms with Crippen LogP contribution >= 0.6 is 11.3 Å². The Morgan fingerprint density at radius 1 is 1.38 bits per heavy atom. The summed E-state index contributed by atoms with van der Waals surface area (Å²) in [4.78, 5) is 4.48. The number of hydrogen-bond donors (Lipinski definition) is 1. The number of aromatic nitrogens is 1. The molecular formula is C13H22N2S. The summed E-state index contributed by atoms with van der Waals surface area (Å²) in [6.45, 7) is 3.26. The van der Waals surface area contributed by atoms with E-state index < -0.39 is 0 Å². The third-order valence-corrected chi connectivity index (χ3v) is 4.30. The minimum absolute atomic E-state index is 0.821. The van der Waals surface area contributed by atoms with E-state index in [4.69, 9.17) is 0 Å². The smallest absolute Gasteiger partial charge is 0.0928 e. The van der Waals surface area contributed by atoms with E-state index in [1.54, 1.807) is 11.3 Å². The summed E-state index contributed by atoms with van der Waals surface area (Å²) >= 11 is 1.80. The molecular weight excluding hydrogens is 216 g/mol. The summed E-state index contributed by atoms with van der Waals surface area (Å²) in [5.74, 6) is 0. The average Bonchev–Trinajstić information content (AvgIpc) is 2.89. The summed E-state index contributed by atoms with van der Waals surface area (Å²) in [5.41, 5.74) is 1.17. The van der Waals surface area contributed by atoms with Gasteiger partial charge in [0.15, 0.2) is 0 Å². The Morgan fingerprint density at radius 3 is 2.88 bits per heavy atom. The third kappa shape index (κ3) is 3.87. The van der Waals surface area contributed by atoms with Crippen molar-refractivity contribution in [3.05, 3.63) is 16.1 Å². The van der Waals surface area contributed by atoms with Crippen molar-refractivity contribution >= 4 is 11.3 Å². The normalized spacial score (nSPS) is 17.1. The van der Waals surface area contributed by atoms with E-state index in [0.717, 1.165) is 12.5 Å². The van der Waals surface area contributed by atoms with Crippen molar-refractivity contribution in [2.24, 2.45) is 0 Å². The van der Waals surface area contributed by atoms with Gasteiger partial charge in [-0.15, -0.1) is 11.3 Å². The van der Waals surface area contributed by atoms with Crippen LogP contribution in [0.25, 0.3) is 0 Å². The van der Waals surface area contributed by atoms with Crippen LogP contribution in [0.1, 0.15) is 49.2 Å². The number of unbranched alkanes of at least 4 members (excludes halogenated alkanes) is 1. The highest BCUT2D eigenvalue weighted by Gasteiger charge is 2.13. The monoisotopic (exact) mass is 238 g/mol. The number of thiazole rings is 1. The van der Waals surface area contributed by atoms with Crippen LogP contribution in [0, 0.1) is 6.92 Å². The molecule has 0 saturated heterocycles. The van der Waals surface area contributed by atoms with Gasteiger partial charge in [0, 0.05) is 17.1 Å². The molecule has 2 rings (SSSR count). The zero-order chi connectivity index (χ0) is 11.2. The molecule has 1 aromatic rings. The second-order valence-electron chi connectivity index (χ2n) is 4.78. The highest BCUT2D eigenvalue weighted by Crippen LogP contribution is 2.17. The molecule has 16 heavy (non-hydrogen) atoms. The predicted molar refractivity (Wildman–Crippen MR) is 70.0 cm³/mol. The maximum atomic E-state index is 4.48. The average molecular weight is 238 g/mol. The lowest BCUT2D eigenvalue weighted by atomic mass is 10.2. The molecule has 0 aromatic carbocycles. The first-order valence-electron chi connectivity index (χ1n) is 6.49. The minimum atomic E-state index is 0.821. The Hall–Kier alpha value is -0.410. The van der Waals surface area contributed by atoms with Gasteiger partial charge in [0.2, 0.25) is 0 Å². The molecule has 0 aliphatic heterocycles. The van der Waals surface area contributed by atoms with Crippen molar-refractivity contribution in [3.63, 3.8) is 0 Å². The number of hydrogen-bond acceptors (Lipinski definition) is 3. The molecule has 1 aromatic heterocycles. The second-order valence-corrected chi connectivity index (χ2v) is 5.72. The largest absolute Gasteiger partial charge is 0.314 e. The van der Waals surface area contributed by atoms with E-state index in [1.807, 2.05) is 0 Å². The molecule has 1 aliphatic rings. The van der Waals surface area contributed by atoms with Crippen LogP contribution in [-0.2, 0) is 6.42 Å². The van der Waals surface area contributed by atoms with Crippen LogP contribution in [0.4, 0.5) is 0 Å².